The van der Waals surface area contributed by atoms with Crippen molar-refractivity contribution in [3.05, 3.63) is 29.8 Å². The van der Waals surface area contributed by atoms with Crippen LogP contribution in [0.4, 0.5) is 5.69 Å². The summed E-state index contributed by atoms with van der Waals surface area (Å²) in [7, 11) is 0. The van der Waals surface area contributed by atoms with Crippen LogP contribution < -0.4 is 5.32 Å². The quantitative estimate of drug-likeness (QED) is 0.841. The van der Waals surface area contributed by atoms with Gasteiger partial charge in [0.2, 0.25) is 5.91 Å². The van der Waals surface area contributed by atoms with Gasteiger partial charge in [-0.05, 0) is 37.3 Å². The molecule has 1 N–H and O–H groups in total. The van der Waals surface area contributed by atoms with E-state index in [9.17, 15) is 9.59 Å². The van der Waals surface area contributed by atoms with Crippen LogP contribution >= 0.6 is 0 Å². The average molecular weight is 271 g/mol. The van der Waals surface area contributed by atoms with Gasteiger partial charge in [0.25, 0.3) is 0 Å². The van der Waals surface area contributed by atoms with Gasteiger partial charge in [0.1, 0.15) is 5.60 Å². The summed E-state index contributed by atoms with van der Waals surface area (Å²) in [6, 6.07) is 7.60. The second kappa shape index (κ2) is 3.62. The van der Waals surface area contributed by atoms with E-state index in [4.69, 9.17) is 4.74 Å². The Kier molecular flexibility index (Phi) is 2.16. The summed E-state index contributed by atoms with van der Waals surface area (Å²) in [4.78, 5) is 23.7. The second-order valence-corrected chi connectivity index (χ2v) is 6.27. The van der Waals surface area contributed by atoms with Crippen molar-refractivity contribution in [2.24, 2.45) is 5.41 Å². The minimum Gasteiger partial charge on any atom is -0.458 e. The Hall–Kier alpha value is -1.84. The zero-order valence-electron chi connectivity index (χ0n) is 11.4. The monoisotopic (exact) mass is 271 g/mol. The van der Waals surface area contributed by atoms with Gasteiger partial charge >= 0.3 is 5.97 Å². The van der Waals surface area contributed by atoms with E-state index >= 15 is 0 Å². The first-order valence-corrected chi connectivity index (χ1v) is 7.17. The van der Waals surface area contributed by atoms with E-state index < -0.39 is 0 Å². The molecule has 2 spiro atoms. The predicted molar refractivity (Wildman–Crippen MR) is 73.2 cm³/mol. The smallest absolute Gasteiger partial charge is 0.314 e. The first-order chi connectivity index (χ1) is 9.58. The predicted octanol–water partition coefficient (Wildman–Crippen LogP) is 2.60. The Morgan fingerprint density at radius 1 is 1.25 bits per heavy atom. The van der Waals surface area contributed by atoms with E-state index in [0.717, 1.165) is 36.9 Å². The molecular weight excluding hydrogens is 254 g/mol. The molecule has 4 rings (SSSR count). The van der Waals surface area contributed by atoms with Crippen molar-refractivity contribution in [3.8, 4) is 0 Å². The number of carbonyl (C=O) groups is 2. The highest BCUT2D eigenvalue weighted by molar-refractivity contribution is 5.92. The molecule has 1 heterocycles. The van der Waals surface area contributed by atoms with Crippen LogP contribution in [0.25, 0.3) is 0 Å². The van der Waals surface area contributed by atoms with E-state index in [1.807, 2.05) is 24.3 Å². The van der Waals surface area contributed by atoms with Crippen LogP contribution in [0.3, 0.4) is 0 Å². The molecule has 1 saturated heterocycles. The number of fused-ring (bicyclic) bond motifs is 1. The summed E-state index contributed by atoms with van der Waals surface area (Å²) < 4.78 is 5.71. The standard InChI is InChI=1S/C16H17NO3/c1-10(18)17-12-5-3-2-4-11(12)13-14(19)20-16(8-9-16)15(13)6-7-15/h2-5,13H,6-9H2,1H3,(H,17,18)/t13-/m0/s1. The Balaban J connectivity index is 1.78. The van der Waals surface area contributed by atoms with Crippen LogP contribution in [0.1, 0.15) is 44.1 Å². The van der Waals surface area contributed by atoms with Gasteiger partial charge in [-0.15, -0.1) is 0 Å². The maximum Gasteiger partial charge on any atom is 0.314 e. The molecule has 0 unspecified atom stereocenters. The third-order valence-corrected chi connectivity index (χ3v) is 5.07. The van der Waals surface area contributed by atoms with Gasteiger partial charge in [-0.1, -0.05) is 18.2 Å². The molecule has 0 bridgehead atoms. The van der Waals surface area contributed by atoms with Gasteiger partial charge in [-0.2, -0.15) is 0 Å². The van der Waals surface area contributed by atoms with Crippen LogP contribution in [0.15, 0.2) is 24.3 Å². The summed E-state index contributed by atoms with van der Waals surface area (Å²) in [6.07, 6.45) is 4.10. The highest BCUT2D eigenvalue weighted by Crippen LogP contribution is 2.75. The molecule has 0 aromatic heterocycles. The largest absolute Gasteiger partial charge is 0.458 e. The number of hydrogen-bond acceptors (Lipinski definition) is 3. The lowest BCUT2D eigenvalue weighted by molar-refractivity contribution is -0.144. The fraction of sp³-hybridized carbons (Fsp3) is 0.500. The summed E-state index contributed by atoms with van der Waals surface area (Å²) >= 11 is 0. The van der Waals surface area contributed by atoms with Crippen LogP contribution in [0.2, 0.25) is 0 Å². The van der Waals surface area contributed by atoms with Crippen LogP contribution in [0, 0.1) is 5.41 Å². The molecule has 4 nitrogen and oxygen atoms in total. The zero-order valence-corrected chi connectivity index (χ0v) is 11.4. The van der Waals surface area contributed by atoms with Gasteiger partial charge in [-0.3, -0.25) is 9.59 Å². The van der Waals surface area contributed by atoms with Crippen molar-refractivity contribution in [1.29, 1.82) is 0 Å². The molecule has 1 aromatic rings. The molecule has 2 saturated carbocycles. The number of para-hydroxylation sites is 1. The van der Waals surface area contributed by atoms with Crippen molar-refractivity contribution >= 4 is 17.6 Å². The number of hydrogen-bond donors (Lipinski definition) is 1. The summed E-state index contributed by atoms with van der Waals surface area (Å²) in [5.74, 6) is -0.444. The lowest BCUT2D eigenvalue weighted by Crippen LogP contribution is -2.23. The molecule has 1 atom stereocenters. The molecule has 0 radical (unpaired) electrons. The average Bonchev–Trinajstić information content (AvgIpc) is 3.25. The first kappa shape index (κ1) is 11.9. The highest BCUT2D eigenvalue weighted by atomic mass is 16.6. The second-order valence-electron chi connectivity index (χ2n) is 6.27. The van der Waals surface area contributed by atoms with E-state index in [1.54, 1.807) is 0 Å². The third-order valence-electron chi connectivity index (χ3n) is 5.07. The number of benzene rings is 1. The number of rotatable bonds is 2. The number of carbonyl (C=O) groups excluding carboxylic acids is 2. The Morgan fingerprint density at radius 3 is 2.55 bits per heavy atom. The van der Waals surface area contributed by atoms with Crippen LogP contribution in [0.5, 0.6) is 0 Å². The first-order valence-electron chi connectivity index (χ1n) is 7.17. The fourth-order valence-corrected chi connectivity index (χ4v) is 3.91. The van der Waals surface area contributed by atoms with Crippen molar-refractivity contribution in [1.82, 2.24) is 0 Å². The van der Waals surface area contributed by atoms with Gasteiger partial charge < -0.3 is 10.1 Å². The van der Waals surface area contributed by atoms with Crippen molar-refractivity contribution < 1.29 is 14.3 Å². The number of esters is 1. The maximum atomic E-state index is 12.4. The lowest BCUT2D eigenvalue weighted by atomic mass is 9.80. The summed E-state index contributed by atoms with van der Waals surface area (Å²) in [6.45, 7) is 1.49. The minimum absolute atomic E-state index is 0.00133. The molecule has 4 heteroatoms. The molecule has 1 aromatic carbocycles. The van der Waals surface area contributed by atoms with Crippen molar-refractivity contribution in [2.75, 3.05) is 5.32 Å². The van der Waals surface area contributed by atoms with E-state index in [2.05, 4.69) is 5.32 Å². The van der Waals surface area contributed by atoms with Gasteiger partial charge in [-0.25, -0.2) is 0 Å². The number of nitrogens with one attached hydrogen (secondary N) is 1. The molecular formula is C16H17NO3. The molecule has 104 valence electrons. The maximum absolute atomic E-state index is 12.4. The SMILES string of the molecule is CC(=O)Nc1ccccc1[C@H]1C(=O)OC2(CC2)C12CC2. The van der Waals surface area contributed by atoms with Crippen LogP contribution in [-0.2, 0) is 14.3 Å². The summed E-state index contributed by atoms with van der Waals surface area (Å²) in [5, 5.41) is 2.84. The van der Waals surface area contributed by atoms with Gasteiger partial charge in [0.15, 0.2) is 0 Å². The topological polar surface area (TPSA) is 55.4 Å². The van der Waals surface area contributed by atoms with Gasteiger partial charge in [0, 0.05) is 18.0 Å². The fourth-order valence-electron chi connectivity index (χ4n) is 3.91. The summed E-state index contributed by atoms with van der Waals surface area (Å²) in [5.41, 5.74) is 1.47. The molecule has 1 amide bonds. The zero-order chi connectivity index (χ0) is 14.0. The Labute approximate surface area is 117 Å². The lowest BCUT2D eigenvalue weighted by Gasteiger charge is -2.21. The Morgan fingerprint density at radius 2 is 1.95 bits per heavy atom. The number of anilines is 1. The van der Waals surface area contributed by atoms with Crippen LogP contribution in [-0.4, -0.2) is 17.5 Å². The van der Waals surface area contributed by atoms with Gasteiger partial charge in [0.05, 0.1) is 5.92 Å². The molecule has 2 aliphatic carbocycles. The third kappa shape index (κ3) is 1.42. The Bertz CT molecular complexity index is 614. The molecule has 20 heavy (non-hydrogen) atoms. The highest BCUT2D eigenvalue weighted by Gasteiger charge is 2.77. The molecule has 1 aliphatic heterocycles. The van der Waals surface area contributed by atoms with E-state index in [1.165, 1.54) is 6.92 Å². The molecule has 3 fully saturated rings. The van der Waals surface area contributed by atoms with Crippen molar-refractivity contribution in [2.45, 2.75) is 44.1 Å². The minimum atomic E-state index is -0.215. The van der Waals surface area contributed by atoms with Crippen molar-refractivity contribution in [3.63, 3.8) is 0 Å². The van der Waals surface area contributed by atoms with E-state index in [0.29, 0.717) is 0 Å². The number of ether oxygens (including phenoxy) is 1. The number of amides is 1. The molecule has 3 aliphatic rings. The van der Waals surface area contributed by atoms with E-state index in [-0.39, 0.29) is 28.8 Å². The normalized spacial score (nSPS) is 27.4.